The second kappa shape index (κ2) is 4.53. The summed E-state index contributed by atoms with van der Waals surface area (Å²) in [7, 11) is 0. The topological polar surface area (TPSA) is 38.7 Å². The number of ether oxygens (including phenoxy) is 2. The summed E-state index contributed by atoms with van der Waals surface area (Å²) in [6.07, 6.45) is 0.622. The molecule has 1 heterocycles. The van der Waals surface area contributed by atoms with Crippen LogP contribution in [0.4, 0.5) is 0 Å². The molecule has 1 N–H and O–H groups in total. The van der Waals surface area contributed by atoms with E-state index < -0.39 is 5.79 Å². The molecule has 0 amide bonds. The first-order chi connectivity index (χ1) is 7.64. The van der Waals surface area contributed by atoms with E-state index in [9.17, 15) is 0 Å². The first kappa shape index (κ1) is 11.6. The highest BCUT2D eigenvalue weighted by atomic mass is 16.7. The fraction of sp³-hybridized carbons (Fsp3) is 0.538. The molecule has 2 unspecified atom stereocenters. The number of aliphatic hydroxyl groups excluding tert-OH is 1. The van der Waals surface area contributed by atoms with Crippen LogP contribution < -0.4 is 0 Å². The number of benzene rings is 1. The monoisotopic (exact) mass is 222 g/mol. The van der Waals surface area contributed by atoms with Gasteiger partial charge in [-0.25, -0.2) is 0 Å². The molecule has 3 heteroatoms. The zero-order chi connectivity index (χ0) is 11.6. The molecule has 0 bridgehead atoms. The van der Waals surface area contributed by atoms with Crippen molar-refractivity contribution in [1.29, 1.82) is 0 Å². The normalized spacial score (nSPS) is 29.6. The van der Waals surface area contributed by atoms with E-state index in [0.29, 0.717) is 13.0 Å². The van der Waals surface area contributed by atoms with Crippen molar-refractivity contribution >= 4 is 0 Å². The van der Waals surface area contributed by atoms with Gasteiger partial charge in [-0.1, -0.05) is 29.8 Å². The van der Waals surface area contributed by atoms with Crippen molar-refractivity contribution < 1.29 is 14.6 Å². The van der Waals surface area contributed by atoms with Crippen LogP contribution in [0.5, 0.6) is 0 Å². The summed E-state index contributed by atoms with van der Waals surface area (Å²) in [4.78, 5) is 0. The number of rotatable bonds is 3. The smallest absolute Gasteiger partial charge is 0.192 e. The van der Waals surface area contributed by atoms with Gasteiger partial charge in [-0.2, -0.15) is 0 Å². The van der Waals surface area contributed by atoms with Crippen molar-refractivity contribution in [3.63, 3.8) is 0 Å². The van der Waals surface area contributed by atoms with Crippen molar-refractivity contribution in [1.82, 2.24) is 0 Å². The van der Waals surface area contributed by atoms with Crippen LogP contribution in [-0.2, 0) is 15.3 Å². The van der Waals surface area contributed by atoms with Gasteiger partial charge in [0.25, 0.3) is 0 Å². The Bertz CT molecular complexity index is 364. The molecule has 1 fully saturated rings. The average molecular weight is 222 g/mol. The van der Waals surface area contributed by atoms with E-state index in [4.69, 9.17) is 14.6 Å². The molecule has 1 aliphatic heterocycles. The highest BCUT2D eigenvalue weighted by molar-refractivity contribution is 5.26. The second-order valence-corrected chi connectivity index (χ2v) is 4.38. The van der Waals surface area contributed by atoms with Crippen molar-refractivity contribution in [3.05, 3.63) is 35.4 Å². The quantitative estimate of drug-likeness (QED) is 0.849. The minimum Gasteiger partial charge on any atom is -0.396 e. The Balaban J connectivity index is 2.15. The fourth-order valence-electron chi connectivity index (χ4n) is 2.00. The van der Waals surface area contributed by atoms with Crippen LogP contribution in [0.2, 0.25) is 0 Å². The standard InChI is InChI=1S/C13H18O3/c1-10-4-3-5-11(8-10)13(2)15-9-12(16-13)6-7-14/h3-5,8,12,14H,6-7,9H2,1-2H3. The van der Waals surface area contributed by atoms with Gasteiger partial charge in [0.15, 0.2) is 5.79 Å². The third-order valence-corrected chi connectivity index (χ3v) is 2.93. The Labute approximate surface area is 96.0 Å². The molecule has 0 aliphatic carbocycles. The molecular weight excluding hydrogens is 204 g/mol. The highest BCUT2D eigenvalue weighted by Crippen LogP contribution is 2.34. The maximum Gasteiger partial charge on any atom is 0.192 e. The molecule has 1 aliphatic rings. The molecule has 3 nitrogen and oxygen atoms in total. The SMILES string of the molecule is Cc1cccc(C2(C)OCC(CCO)O2)c1. The molecule has 1 saturated heterocycles. The van der Waals surface area contributed by atoms with E-state index in [1.165, 1.54) is 5.56 Å². The average Bonchev–Trinajstić information content (AvgIpc) is 2.62. The van der Waals surface area contributed by atoms with Gasteiger partial charge in [0.1, 0.15) is 0 Å². The fourth-order valence-corrected chi connectivity index (χ4v) is 2.00. The highest BCUT2D eigenvalue weighted by Gasteiger charge is 2.38. The lowest BCUT2D eigenvalue weighted by Crippen LogP contribution is -2.24. The molecule has 16 heavy (non-hydrogen) atoms. The predicted molar refractivity (Wildman–Crippen MR) is 61.1 cm³/mol. The lowest BCUT2D eigenvalue weighted by atomic mass is 10.1. The minimum absolute atomic E-state index is 0.00416. The van der Waals surface area contributed by atoms with Crippen LogP contribution in [0.1, 0.15) is 24.5 Å². The molecule has 1 aromatic rings. The molecule has 0 spiro atoms. The molecule has 2 atom stereocenters. The number of hydrogen-bond donors (Lipinski definition) is 1. The van der Waals surface area contributed by atoms with Gasteiger partial charge in [-0.15, -0.1) is 0 Å². The molecule has 0 aromatic heterocycles. The Kier molecular flexibility index (Phi) is 3.28. The van der Waals surface area contributed by atoms with Gasteiger partial charge in [0, 0.05) is 12.2 Å². The van der Waals surface area contributed by atoms with Crippen LogP contribution in [-0.4, -0.2) is 24.4 Å². The van der Waals surface area contributed by atoms with E-state index in [1.807, 2.05) is 32.0 Å². The van der Waals surface area contributed by atoms with Crippen LogP contribution in [0.25, 0.3) is 0 Å². The van der Waals surface area contributed by atoms with Crippen LogP contribution in [0.3, 0.4) is 0 Å². The number of aryl methyl sites for hydroxylation is 1. The molecule has 0 saturated carbocycles. The van der Waals surface area contributed by atoms with E-state index in [1.54, 1.807) is 0 Å². The molecule has 0 radical (unpaired) electrons. The van der Waals surface area contributed by atoms with E-state index >= 15 is 0 Å². The second-order valence-electron chi connectivity index (χ2n) is 4.38. The summed E-state index contributed by atoms with van der Waals surface area (Å²) in [6.45, 7) is 4.66. The summed E-state index contributed by atoms with van der Waals surface area (Å²) < 4.78 is 11.6. The predicted octanol–water partition coefficient (Wildman–Crippen LogP) is 1.97. The lowest BCUT2D eigenvalue weighted by molar-refractivity contribution is -0.163. The maximum absolute atomic E-state index is 8.88. The van der Waals surface area contributed by atoms with E-state index in [2.05, 4.69) is 6.07 Å². The third-order valence-electron chi connectivity index (χ3n) is 2.93. The van der Waals surface area contributed by atoms with E-state index in [-0.39, 0.29) is 12.7 Å². The van der Waals surface area contributed by atoms with Gasteiger partial charge < -0.3 is 14.6 Å². The Morgan fingerprint density at radius 3 is 3.00 bits per heavy atom. The van der Waals surface area contributed by atoms with Gasteiger partial charge in [0.2, 0.25) is 0 Å². The number of aliphatic hydroxyl groups is 1. The van der Waals surface area contributed by atoms with Crippen molar-refractivity contribution in [3.8, 4) is 0 Å². The molecule has 1 aromatic carbocycles. The summed E-state index contributed by atoms with van der Waals surface area (Å²) in [5, 5.41) is 8.88. The van der Waals surface area contributed by atoms with E-state index in [0.717, 1.165) is 5.56 Å². The molecule has 2 rings (SSSR count). The Hall–Kier alpha value is -0.900. The maximum atomic E-state index is 8.88. The van der Waals surface area contributed by atoms with Crippen LogP contribution in [0.15, 0.2) is 24.3 Å². The largest absolute Gasteiger partial charge is 0.396 e. The third kappa shape index (κ3) is 2.26. The summed E-state index contributed by atoms with van der Waals surface area (Å²) in [5.41, 5.74) is 2.23. The van der Waals surface area contributed by atoms with Crippen molar-refractivity contribution in [2.45, 2.75) is 32.2 Å². The summed E-state index contributed by atoms with van der Waals surface area (Å²) in [6, 6.07) is 8.13. The summed E-state index contributed by atoms with van der Waals surface area (Å²) >= 11 is 0. The molecular formula is C13H18O3. The van der Waals surface area contributed by atoms with Crippen LogP contribution >= 0.6 is 0 Å². The summed E-state index contributed by atoms with van der Waals surface area (Å²) in [5.74, 6) is -0.661. The lowest BCUT2D eigenvalue weighted by Gasteiger charge is -2.24. The van der Waals surface area contributed by atoms with Gasteiger partial charge in [-0.3, -0.25) is 0 Å². The van der Waals surface area contributed by atoms with Gasteiger partial charge in [0.05, 0.1) is 12.7 Å². The first-order valence-electron chi connectivity index (χ1n) is 5.64. The first-order valence-corrected chi connectivity index (χ1v) is 5.64. The molecule has 88 valence electrons. The Morgan fingerprint density at radius 2 is 2.31 bits per heavy atom. The Morgan fingerprint density at radius 1 is 1.50 bits per heavy atom. The van der Waals surface area contributed by atoms with Gasteiger partial charge in [-0.05, 0) is 20.3 Å². The zero-order valence-corrected chi connectivity index (χ0v) is 9.77. The van der Waals surface area contributed by atoms with Crippen molar-refractivity contribution in [2.24, 2.45) is 0 Å². The van der Waals surface area contributed by atoms with Gasteiger partial charge >= 0.3 is 0 Å². The zero-order valence-electron chi connectivity index (χ0n) is 9.77. The minimum atomic E-state index is -0.661. The number of hydrogen-bond acceptors (Lipinski definition) is 3. The van der Waals surface area contributed by atoms with Crippen molar-refractivity contribution in [2.75, 3.05) is 13.2 Å². The van der Waals surface area contributed by atoms with Crippen LogP contribution in [0, 0.1) is 6.92 Å².